The first-order chi connectivity index (χ1) is 11.7. The van der Waals surface area contributed by atoms with Gasteiger partial charge in [-0.1, -0.05) is 57.2 Å². The van der Waals surface area contributed by atoms with Gasteiger partial charge in [0.1, 0.15) is 0 Å². The molecule has 0 aliphatic heterocycles. The Labute approximate surface area is 154 Å². The van der Waals surface area contributed by atoms with Gasteiger partial charge in [0.05, 0.1) is 7.11 Å². The highest BCUT2D eigenvalue weighted by atomic mass is 28.4. The molecule has 3 nitrogen and oxygen atoms in total. The zero-order valence-corrected chi connectivity index (χ0v) is 17.7. The fourth-order valence-electron chi connectivity index (χ4n) is 2.36. The van der Waals surface area contributed by atoms with Gasteiger partial charge in [-0.2, -0.15) is 0 Å². The monoisotopic (exact) mass is 362 g/mol. The Morgan fingerprint density at radius 1 is 1.20 bits per heavy atom. The molecule has 0 N–H and O–H groups in total. The largest absolute Gasteiger partial charge is 0.466 e. The molecule has 0 spiro atoms. The molecule has 0 bridgehead atoms. The van der Waals surface area contributed by atoms with Crippen LogP contribution in [0, 0.1) is 5.92 Å². The number of esters is 1. The molecule has 1 unspecified atom stereocenters. The molecule has 1 aromatic rings. The van der Waals surface area contributed by atoms with E-state index in [1.54, 1.807) is 6.08 Å². The summed E-state index contributed by atoms with van der Waals surface area (Å²) in [5.74, 6) is 0.0140. The van der Waals surface area contributed by atoms with Crippen molar-refractivity contribution in [2.24, 2.45) is 5.92 Å². The van der Waals surface area contributed by atoms with E-state index in [0.29, 0.717) is 5.92 Å². The van der Waals surface area contributed by atoms with Crippen molar-refractivity contribution in [3.63, 3.8) is 0 Å². The van der Waals surface area contributed by atoms with E-state index in [2.05, 4.69) is 58.1 Å². The first kappa shape index (κ1) is 21.6. The smallest absolute Gasteiger partial charge is 0.330 e. The van der Waals surface area contributed by atoms with E-state index in [1.807, 2.05) is 12.1 Å². The van der Waals surface area contributed by atoms with Gasteiger partial charge < -0.3 is 9.16 Å². The first-order valence-electron chi connectivity index (χ1n) is 9.10. The van der Waals surface area contributed by atoms with Crippen LogP contribution in [0.3, 0.4) is 0 Å². The van der Waals surface area contributed by atoms with Crippen LogP contribution in [0.1, 0.15) is 39.2 Å². The quantitative estimate of drug-likeness (QED) is 0.256. The van der Waals surface area contributed by atoms with Crippen molar-refractivity contribution in [2.45, 2.75) is 58.2 Å². The standard InChI is InChI=1S/C21H34O3Si/c1-21(2,3)25(5,6)24-16-10-13-19(14-15-20(22)23-4)17-18-11-8-7-9-12-18/h7-9,11-12,14-15,19H,10,13,16-17H2,1-6H3/b15-14-. The number of rotatable bonds is 9. The van der Waals surface area contributed by atoms with E-state index in [-0.39, 0.29) is 11.0 Å². The Balaban J connectivity index is 2.59. The van der Waals surface area contributed by atoms with Gasteiger partial charge in [0.2, 0.25) is 0 Å². The molecule has 0 saturated heterocycles. The highest BCUT2D eigenvalue weighted by molar-refractivity contribution is 6.74. The Bertz CT molecular complexity index is 544. The van der Waals surface area contributed by atoms with Crippen molar-refractivity contribution in [3.05, 3.63) is 48.0 Å². The summed E-state index contributed by atoms with van der Waals surface area (Å²) >= 11 is 0. The van der Waals surface area contributed by atoms with Crippen LogP contribution in [0.5, 0.6) is 0 Å². The minimum atomic E-state index is -1.69. The lowest BCUT2D eigenvalue weighted by molar-refractivity contribution is -0.134. The molecule has 4 heteroatoms. The van der Waals surface area contributed by atoms with Gasteiger partial charge in [0, 0.05) is 12.7 Å². The molecule has 0 aliphatic carbocycles. The fraction of sp³-hybridized carbons (Fsp3) is 0.571. The summed E-state index contributed by atoms with van der Waals surface area (Å²) in [4.78, 5) is 11.4. The van der Waals surface area contributed by atoms with Gasteiger partial charge in [-0.15, -0.1) is 0 Å². The average Bonchev–Trinajstić information content (AvgIpc) is 2.55. The lowest BCUT2D eigenvalue weighted by Gasteiger charge is -2.36. The van der Waals surface area contributed by atoms with Crippen molar-refractivity contribution in [2.75, 3.05) is 13.7 Å². The van der Waals surface area contributed by atoms with Crippen LogP contribution in [0.25, 0.3) is 0 Å². The van der Waals surface area contributed by atoms with E-state index < -0.39 is 8.32 Å². The SMILES string of the molecule is COC(=O)/C=C\C(CCCO[Si](C)(C)C(C)(C)C)Cc1ccccc1. The Morgan fingerprint density at radius 2 is 1.84 bits per heavy atom. The maximum atomic E-state index is 11.4. The molecule has 1 rings (SSSR count). The molecule has 0 aliphatic rings. The van der Waals surface area contributed by atoms with Gasteiger partial charge in [-0.3, -0.25) is 0 Å². The van der Waals surface area contributed by atoms with Crippen LogP contribution in [-0.4, -0.2) is 28.0 Å². The van der Waals surface area contributed by atoms with Crippen molar-refractivity contribution in [3.8, 4) is 0 Å². The normalized spacial score (nSPS) is 13.8. The number of methoxy groups -OCH3 is 1. The summed E-state index contributed by atoms with van der Waals surface area (Å²) in [6.45, 7) is 12.1. The average molecular weight is 363 g/mol. The molecule has 0 heterocycles. The topological polar surface area (TPSA) is 35.5 Å². The third kappa shape index (κ3) is 8.02. The Hall–Kier alpha value is -1.39. The van der Waals surface area contributed by atoms with Gasteiger partial charge in [0.25, 0.3) is 0 Å². The van der Waals surface area contributed by atoms with Gasteiger partial charge in [0.15, 0.2) is 8.32 Å². The number of ether oxygens (including phenoxy) is 1. The third-order valence-electron chi connectivity index (χ3n) is 5.03. The minimum absolute atomic E-state index is 0.237. The van der Waals surface area contributed by atoms with Crippen molar-refractivity contribution >= 4 is 14.3 Å². The van der Waals surface area contributed by atoms with E-state index >= 15 is 0 Å². The number of benzene rings is 1. The molecule has 0 saturated carbocycles. The van der Waals surface area contributed by atoms with Crippen molar-refractivity contribution in [1.29, 1.82) is 0 Å². The number of carbonyl (C=O) groups is 1. The molecular formula is C21H34O3Si. The van der Waals surface area contributed by atoms with E-state index in [9.17, 15) is 4.79 Å². The maximum Gasteiger partial charge on any atom is 0.330 e. The summed E-state index contributed by atoms with van der Waals surface area (Å²) in [6.07, 6.45) is 6.44. The van der Waals surface area contributed by atoms with E-state index in [4.69, 9.17) is 9.16 Å². The van der Waals surface area contributed by atoms with E-state index in [1.165, 1.54) is 12.7 Å². The molecule has 25 heavy (non-hydrogen) atoms. The Morgan fingerprint density at radius 3 is 2.40 bits per heavy atom. The number of carbonyl (C=O) groups excluding carboxylic acids is 1. The third-order valence-corrected chi connectivity index (χ3v) is 9.57. The molecule has 1 atom stereocenters. The lowest BCUT2D eigenvalue weighted by Crippen LogP contribution is -2.41. The second kappa shape index (κ2) is 9.93. The zero-order valence-electron chi connectivity index (χ0n) is 16.7. The highest BCUT2D eigenvalue weighted by Crippen LogP contribution is 2.36. The van der Waals surface area contributed by atoms with Gasteiger partial charge in [-0.05, 0) is 48.9 Å². The van der Waals surface area contributed by atoms with Crippen LogP contribution < -0.4 is 0 Å². The molecule has 0 aromatic heterocycles. The fourth-order valence-corrected chi connectivity index (χ4v) is 3.44. The highest BCUT2D eigenvalue weighted by Gasteiger charge is 2.36. The molecule has 0 fully saturated rings. The second-order valence-electron chi connectivity index (χ2n) is 8.08. The molecule has 1 aromatic carbocycles. The second-order valence-corrected chi connectivity index (χ2v) is 12.9. The van der Waals surface area contributed by atoms with Crippen LogP contribution in [0.4, 0.5) is 0 Å². The Kier molecular flexibility index (Phi) is 8.60. The summed E-state index contributed by atoms with van der Waals surface area (Å²) in [6, 6.07) is 10.4. The number of hydrogen-bond acceptors (Lipinski definition) is 3. The van der Waals surface area contributed by atoms with Crippen LogP contribution >= 0.6 is 0 Å². The van der Waals surface area contributed by atoms with Gasteiger partial charge in [-0.25, -0.2) is 4.79 Å². The molecular weight excluding hydrogens is 328 g/mol. The summed E-state index contributed by atoms with van der Waals surface area (Å²) < 4.78 is 11.0. The first-order valence-corrected chi connectivity index (χ1v) is 12.0. The van der Waals surface area contributed by atoms with Crippen molar-refractivity contribution < 1.29 is 14.0 Å². The van der Waals surface area contributed by atoms with Crippen LogP contribution in [0.2, 0.25) is 18.1 Å². The number of hydrogen-bond donors (Lipinski definition) is 0. The minimum Gasteiger partial charge on any atom is -0.466 e. The molecule has 0 amide bonds. The maximum absolute atomic E-state index is 11.4. The molecule has 140 valence electrons. The zero-order chi connectivity index (χ0) is 18.9. The van der Waals surface area contributed by atoms with Crippen LogP contribution in [-0.2, 0) is 20.4 Å². The van der Waals surface area contributed by atoms with E-state index in [0.717, 1.165) is 25.9 Å². The lowest BCUT2D eigenvalue weighted by atomic mass is 9.94. The van der Waals surface area contributed by atoms with Crippen LogP contribution in [0.15, 0.2) is 42.5 Å². The molecule has 0 radical (unpaired) electrons. The summed E-state index contributed by atoms with van der Waals surface area (Å²) in [7, 11) is -0.277. The predicted octanol–water partition coefficient (Wildman–Crippen LogP) is 5.38. The summed E-state index contributed by atoms with van der Waals surface area (Å²) in [5, 5.41) is 0.237. The number of allylic oxidation sites excluding steroid dienone is 1. The summed E-state index contributed by atoms with van der Waals surface area (Å²) in [5.41, 5.74) is 1.28. The van der Waals surface area contributed by atoms with Crippen molar-refractivity contribution in [1.82, 2.24) is 0 Å². The predicted molar refractivity (Wildman–Crippen MR) is 107 cm³/mol. The van der Waals surface area contributed by atoms with Gasteiger partial charge >= 0.3 is 5.97 Å².